The van der Waals surface area contributed by atoms with Crippen molar-refractivity contribution in [1.82, 2.24) is 14.5 Å². The molecule has 0 spiro atoms. The molecule has 3 rings (SSSR count). The molecule has 2 heterocycles. The first kappa shape index (κ1) is 20.4. The summed E-state index contributed by atoms with van der Waals surface area (Å²) < 4.78 is 25.2. The Labute approximate surface area is 167 Å². The molecule has 1 atom stereocenters. The van der Waals surface area contributed by atoms with Crippen molar-refractivity contribution < 1.29 is 8.42 Å². The summed E-state index contributed by atoms with van der Waals surface area (Å²) in [7, 11) is -1.23. The molecular formula is C17H27IN4O2S. The molecule has 1 N–H and O–H groups in total. The first-order valence-electron chi connectivity index (χ1n) is 8.58. The van der Waals surface area contributed by atoms with E-state index < -0.39 is 10.0 Å². The minimum atomic E-state index is -3.02. The van der Waals surface area contributed by atoms with E-state index in [4.69, 9.17) is 0 Å². The van der Waals surface area contributed by atoms with Gasteiger partial charge in [0.05, 0.1) is 5.75 Å². The second-order valence-corrected chi connectivity index (χ2v) is 8.47. The van der Waals surface area contributed by atoms with Crippen LogP contribution in [0.15, 0.2) is 35.3 Å². The summed E-state index contributed by atoms with van der Waals surface area (Å²) in [4.78, 5) is 6.62. The summed E-state index contributed by atoms with van der Waals surface area (Å²) in [6, 6.07) is 10.6. The third kappa shape index (κ3) is 5.07. The molecule has 2 fully saturated rings. The van der Waals surface area contributed by atoms with Crippen molar-refractivity contribution in [3.05, 3.63) is 35.9 Å². The Morgan fingerprint density at radius 2 is 2.04 bits per heavy atom. The van der Waals surface area contributed by atoms with Gasteiger partial charge in [0.15, 0.2) is 5.96 Å². The number of halogens is 1. The number of aliphatic imine (C=N–C) groups is 1. The van der Waals surface area contributed by atoms with Crippen LogP contribution in [0, 0.1) is 0 Å². The third-order valence-electron chi connectivity index (χ3n) is 4.82. The molecule has 1 unspecified atom stereocenters. The van der Waals surface area contributed by atoms with Crippen LogP contribution >= 0.6 is 24.0 Å². The van der Waals surface area contributed by atoms with Crippen molar-refractivity contribution in [3.8, 4) is 0 Å². The van der Waals surface area contributed by atoms with Gasteiger partial charge in [-0.1, -0.05) is 30.3 Å². The zero-order valence-corrected chi connectivity index (χ0v) is 17.7. The molecule has 6 nitrogen and oxygen atoms in total. The largest absolute Gasteiger partial charge is 0.355 e. The molecule has 25 heavy (non-hydrogen) atoms. The highest BCUT2D eigenvalue weighted by Crippen LogP contribution is 2.26. The quantitative estimate of drug-likeness (QED) is 0.407. The van der Waals surface area contributed by atoms with E-state index >= 15 is 0 Å². The average molecular weight is 478 g/mol. The molecule has 0 amide bonds. The van der Waals surface area contributed by atoms with Crippen LogP contribution in [-0.2, 0) is 10.0 Å². The van der Waals surface area contributed by atoms with Crippen LogP contribution in [0.4, 0.5) is 0 Å². The molecule has 8 heteroatoms. The SMILES string of the molecule is CN=C(NCCN1CCCS1(=O)=O)N1CCC(c2ccccc2)C1.I. The lowest BCUT2D eigenvalue weighted by Crippen LogP contribution is -2.43. The van der Waals surface area contributed by atoms with Gasteiger partial charge >= 0.3 is 0 Å². The van der Waals surface area contributed by atoms with E-state index in [1.807, 2.05) is 6.07 Å². The highest BCUT2D eigenvalue weighted by atomic mass is 127. The first-order chi connectivity index (χ1) is 11.6. The molecule has 1 aromatic rings. The maximum absolute atomic E-state index is 11.8. The molecule has 0 bridgehead atoms. The number of likely N-dealkylation sites (tertiary alicyclic amines) is 1. The summed E-state index contributed by atoms with van der Waals surface area (Å²) >= 11 is 0. The Hall–Kier alpha value is -0.870. The standard InChI is InChI=1S/C17H26N4O2S.HI/c1-18-17(19-9-12-21-10-5-13-24(21,22)23)20-11-8-16(14-20)15-6-3-2-4-7-15;/h2-4,6-7,16H,5,8-14H2,1H3,(H,18,19);1H. The van der Waals surface area contributed by atoms with Crippen LogP contribution in [0.25, 0.3) is 0 Å². The predicted octanol–water partition coefficient (Wildman–Crippen LogP) is 1.70. The Bertz CT molecular complexity index is 681. The maximum Gasteiger partial charge on any atom is 0.214 e. The number of benzene rings is 1. The van der Waals surface area contributed by atoms with Gasteiger partial charge in [0, 0.05) is 45.7 Å². The summed E-state index contributed by atoms with van der Waals surface area (Å²) in [5.74, 6) is 1.68. The van der Waals surface area contributed by atoms with Crippen LogP contribution in [0.2, 0.25) is 0 Å². The van der Waals surface area contributed by atoms with Crippen molar-refractivity contribution in [1.29, 1.82) is 0 Å². The van der Waals surface area contributed by atoms with Gasteiger partial charge in [0.2, 0.25) is 10.0 Å². The number of guanidine groups is 1. The molecule has 0 aliphatic carbocycles. The van der Waals surface area contributed by atoms with E-state index in [0.717, 1.165) is 31.9 Å². The van der Waals surface area contributed by atoms with Crippen molar-refractivity contribution in [3.63, 3.8) is 0 Å². The fourth-order valence-corrected chi connectivity index (χ4v) is 5.05. The predicted molar refractivity (Wildman–Crippen MR) is 112 cm³/mol. The van der Waals surface area contributed by atoms with E-state index in [1.165, 1.54) is 5.56 Å². The van der Waals surface area contributed by atoms with Crippen molar-refractivity contribution in [2.45, 2.75) is 18.8 Å². The smallest absolute Gasteiger partial charge is 0.214 e. The topological polar surface area (TPSA) is 65.0 Å². The fraction of sp³-hybridized carbons (Fsp3) is 0.588. The van der Waals surface area contributed by atoms with Crippen LogP contribution < -0.4 is 5.32 Å². The Balaban J connectivity index is 0.00000225. The van der Waals surface area contributed by atoms with Crippen LogP contribution in [0.3, 0.4) is 0 Å². The fourth-order valence-electron chi connectivity index (χ4n) is 3.52. The number of nitrogens with zero attached hydrogens (tertiary/aromatic N) is 3. The zero-order valence-electron chi connectivity index (χ0n) is 14.6. The van der Waals surface area contributed by atoms with Gasteiger partial charge < -0.3 is 10.2 Å². The van der Waals surface area contributed by atoms with Crippen LogP contribution in [0.1, 0.15) is 24.3 Å². The van der Waals surface area contributed by atoms with E-state index in [0.29, 0.717) is 25.6 Å². The van der Waals surface area contributed by atoms with Gasteiger partial charge in [0.1, 0.15) is 0 Å². The Morgan fingerprint density at radius 1 is 1.28 bits per heavy atom. The minimum absolute atomic E-state index is 0. The first-order valence-corrected chi connectivity index (χ1v) is 10.2. The van der Waals surface area contributed by atoms with Crippen LogP contribution in [-0.4, -0.2) is 69.1 Å². The third-order valence-corrected chi connectivity index (χ3v) is 6.77. The summed E-state index contributed by atoms with van der Waals surface area (Å²) in [6.45, 7) is 3.67. The zero-order chi connectivity index (χ0) is 17.0. The normalized spacial score (nSPS) is 23.5. The molecular weight excluding hydrogens is 451 g/mol. The average Bonchev–Trinajstić information content (AvgIpc) is 3.19. The highest BCUT2D eigenvalue weighted by molar-refractivity contribution is 14.0. The minimum Gasteiger partial charge on any atom is -0.355 e. The molecule has 2 aliphatic heterocycles. The lowest BCUT2D eigenvalue weighted by atomic mass is 9.99. The molecule has 0 aromatic heterocycles. The van der Waals surface area contributed by atoms with Gasteiger partial charge in [0.25, 0.3) is 0 Å². The second-order valence-electron chi connectivity index (χ2n) is 6.38. The monoisotopic (exact) mass is 478 g/mol. The summed E-state index contributed by atoms with van der Waals surface area (Å²) in [6.07, 6.45) is 1.85. The molecule has 2 aliphatic rings. The summed E-state index contributed by atoms with van der Waals surface area (Å²) in [5.41, 5.74) is 1.37. The Morgan fingerprint density at radius 3 is 2.68 bits per heavy atom. The summed E-state index contributed by atoms with van der Waals surface area (Å²) in [5, 5.41) is 3.32. The van der Waals surface area contributed by atoms with Crippen molar-refractivity contribution in [2.75, 3.05) is 45.5 Å². The maximum atomic E-state index is 11.8. The van der Waals surface area contributed by atoms with Gasteiger partial charge in [-0.2, -0.15) is 0 Å². The number of rotatable bonds is 4. The number of nitrogens with one attached hydrogen (secondary N) is 1. The van der Waals surface area contributed by atoms with Gasteiger partial charge in [-0.25, -0.2) is 12.7 Å². The highest BCUT2D eigenvalue weighted by Gasteiger charge is 2.28. The lowest BCUT2D eigenvalue weighted by Gasteiger charge is -2.23. The molecule has 0 saturated carbocycles. The molecule has 0 radical (unpaired) electrons. The molecule has 1 aromatic carbocycles. The van der Waals surface area contributed by atoms with Gasteiger partial charge in [-0.15, -0.1) is 24.0 Å². The number of hydrogen-bond acceptors (Lipinski definition) is 3. The molecule has 140 valence electrons. The Kier molecular flexibility index (Phi) is 7.51. The van der Waals surface area contributed by atoms with Crippen molar-refractivity contribution >= 4 is 40.0 Å². The van der Waals surface area contributed by atoms with E-state index in [9.17, 15) is 8.42 Å². The number of hydrogen-bond donors (Lipinski definition) is 1. The van der Waals surface area contributed by atoms with E-state index in [2.05, 4.69) is 39.5 Å². The second kappa shape index (κ2) is 9.18. The molecule has 2 saturated heterocycles. The number of sulfonamides is 1. The van der Waals surface area contributed by atoms with E-state index in [1.54, 1.807) is 11.4 Å². The van der Waals surface area contributed by atoms with Gasteiger partial charge in [-0.3, -0.25) is 4.99 Å². The lowest BCUT2D eigenvalue weighted by molar-refractivity contribution is 0.434. The van der Waals surface area contributed by atoms with E-state index in [-0.39, 0.29) is 29.7 Å². The van der Waals surface area contributed by atoms with Crippen LogP contribution in [0.5, 0.6) is 0 Å². The van der Waals surface area contributed by atoms with Crippen molar-refractivity contribution in [2.24, 2.45) is 4.99 Å². The van der Waals surface area contributed by atoms with Gasteiger partial charge in [-0.05, 0) is 18.4 Å².